The summed E-state index contributed by atoms with van der Waals surface area (Å²) in [6, 6.07) is 7.83. The predicted octanol–water partition coefficient (Wildman–Crippen LogP) is 1.73. The van der Waals surface area contributed by atoms with E-state index < -0.39 is 0 Å². The Morgan fingerprint density at radius 3 is 3.14 bits per heavy atom. The van der Waals surface area contributed by atoms with Gasteiger partial charge in [0.05, 0.1) is 6.61 Å². The maximum atomic E-state index is 11.9. The Bertz CT molecular complexity index is 655. The Morgan fingerprint density at radius 1 is 1.45 bits per heavy atom. The van der Waals surface area contributed by atoms with Crippen LogP contribution < -0.4 is 10.6 Å². The minimum atomic E-state index is -0.333. The van der Waals surface area contributed by atoms with E-state index in [0.29, 0.717) is 25.6 Å². The molecule has 116 valence electrons. The molecule has 1 aliphatic rings. The van der Waals surface area contributed by atoms with Gasteiger partial charge in [0.1, 0.15) is 12.4 Å². The Labute approximate surface area is 128 Å². The van der Waals surface area contributed by atoms with E-state index in [9.17, 15) is 4.79 Å². The van der Waals surface area contributed by atoms with Crippen LogP contribution in [0.3, 0.4) is 0 Å². The summed E-state index contributed by atoms with van der Waals surface area (Å²) < 4.78 is 7.40. The third-order valence-electron chi connectivity index (χ3n) is 3.63. The van der Waals surface area contributed by atoms with Crippen molar-refractivity contribution in [2.45, 2.75) is 26.0 Å². The lowest BCUT2D eigenvalue weighted by Crippen LogP contribution is -2.35. The van der Waals surface area contributed by atoms with Crippen LogP contribution in [0.4, 0.5) is 10.7 Å². The lowest BCUT2D eigenvalue weighted by molar-refractivity contribution is 0.0444. The van der Waals surface area contributed by atoms with Gasteiger partial charge in [0.15, 0.2) is 0 Å². The molecule has 2 N–H and O–H groups in total. The smallest absolute Gasteiger partial charge is 0.321 e. The van der Waals surface area contributed by atoms with Gasteiger partial charge in [-0.15, -0.1) is 5.10 Å². The topological polar surface area (TPSA) is 81.1 Å². The summed E-state index contributed by atoms with van der Waals surface area (Å²) in [7, 11) is 0. The molecule has 2 aromatic rings. The number of hydrogen-bond donors (Lipinski definition) is 2. The van der Waals surface area contributed by atoms with Crippen LogP contribution in [0.25, 0.3) is 0 Å². The van der Waals surface area contributed by atoms with Gasteiger partial charge in [-0.1, -0.05) is 24.3 Å². The molecule has 0 saturated heterocycles. The first kappa shape index (κ1) is 14.5. The van der Waals surface area contributed by atoms with Crippen LogP contribution in [0.1, 0.15) is 24.2 Å². The number of ether oxygens (including phenoxy) is 1. The van der Waals surface area contributed by atoms with E-state index in [-0.39, 0.29) is 12.1 Å². The predicted molar refractivity (Wildman–Crippen MR) is 81.6 cm³/mol. The van der Waals surface area contributed by atoms with E-state index >= 15 is 0 Å². The molecule has 0 spiro atoms. The fourth-order valence-electron chi connectivity index (χ4n) is 2.48. The highest BCUT2D eigenvalue weighted by molar-refractivity contribution is 5.87. The van der Waals surface area contributed by atoms with Gasteiger partial charge in [0.2, 0.25) is 5.95 Å². The number of fused-ring (bicyclic) bond motifs is 1. The van der Waals surface area contributed by atoms with Gasteiger partial charge in [-0.2, -0.15) is 0 Å². The standard InChI is InChI=1S/C15H19N5O2/c1-2-20-10-17-14(19-20)18-15(21)16-9-13-12-6-4-3-5-11(12)7-8-22-13/h3-6,10,13H,2,7-9H2,1H3,(H2,16,18,19,21). The molecule has 0 radical (unpaired) electrons. The summed E-state index contributed by atoms with van der Waals surface area (Å²) in [4.78, 5) is 15.9. The Morgan fingerprint density at radius 2 is 2.32 bits per heavy atom. The van der Waals surface area contributed by atoms with E-state index in [1.165, 1.54) is 5.56 Å². The maximum Gasteiger partial charge on any atom is 0.321 e. The Balaban J connectivity index is 1.55. The van der Waals surface area contributed by atoms with Crippen LogP contribution in [0, 0.1) is 0 Å². The molecule has 3 rings (SSSR count). The summed E-state index contributed by atoms with van der Waals surface area (Å²) in [5.41, 5.74) is 2.42. The first-order chi connectivity index (χ1) is 10.8. The molecule has 22 heavy (non-hydrogen) atoms. The molecule has 2 amide bonds. The number of hydrogen-bond acceptors (Lipinski definition) is 4. The van der Waals surface area contributed by atoms with Crippen LogP contribution in [-0.2, 0) is 17.7 Å². The molecule has 0 fully saturated rings. The van der Waals surface area contributed by atoms with Gasteiger partial charge in [0.25, 0.3) is 0 Å². The molecule has 1 aromatic heterocycles. The second-order valence-electron chi connectivity index (χ2n) is 5.07. The quantitative estimate of drug-likeness (QED) is 0.901. The third kappa shape index (κ3) is 3.25. The fourth-order valence-corrected chi connectivity index (χ4v) is 2.48. The molecule has 1 unspecified atom stereocenters. The molecular formula is C15H19N5O2. The van der Waals surface area contributed by atoms with Crippen molar-refractivity contribution >= 4 is 12.0 Å². The lowest BCUT2D eigenvalue weighted by atomic mass is 9.98. The second kappa shape index (κ2) is 6.57. The molecular weight excluding hydrogens is 282 g/mol. The summed E-state index contributed by atoms with van der Waals surface area (Å²) in [5.74, 6) is 0.296. The van der Waals surface area contributed by atoms with E-state index in [1.54, 1.807) is 11.0 Å². The highest BCUT2D eigenvalue weighted by Gasteiger charge is 2.21. The van der Waals surface area contributed by atoms with Crippen molar-refractivity contribution in [3.05, 3.63) is 41.7 Å². The summed E-state index contributed by atoms with van der Waals surface area (Å²) in [5, 5.41) is 9.52. The largest absolute Gasteiger partial charge is 0.371 e. The number of carbonyl (C=O) groups is 1. The maximum absolute atomic E-state index is 11.9. The van der Waals surface area contributed by atoms with Crippen molar-refractivity contribution in [2.24, 2.45) is 0 Å². The Kier molecular flexibility index (Phi) is 4.34. The monoisotopic (exact) mass is 301 g/mol. The van der Waals surface area contributed by atoms with E-state index in [1.807, 2.05) is 25.1 Å². The van der Waals surface area contributed by atoms with Crippen LogP contribution in [0.5, 0.6) is 0 Å². The first-order valence-corrected chi connectivity index (χ1v) is 7.40. The van der Waals surface area contributed by atoms with Crippen molar-refractivity contribution in [3.8, 4) is 0 Å². The number of aryl methyl sites for hydroxylation is 1. The van der Waals surface area contributed by atoms with E-state index in [2.05, 4.69) is 26.8 Å². The number of benzene rings is 1. The van der Waals surface area contributed by atoms with E-state index in [0.717, 1.165) is 12.0 Å². The summed E-state index contributed by atoms with van der Waals surface area (Å²) in [6.07, 6.45) is 2.38. The number of rotatable bonds is 4. The number of nitrogens with zero attached hydrogens (tertiary/aromatic N) is 3. The van der Waals surface area contributed by atoms with Crippen molar-refractivity contribution in [1.29, 1.82) is 0 Å². The van der Waals surface area contributed by atoms with Crippen molar-refractivity contribution in [2.75, 3.05) is 18.5 Å². The second-order valence-corrected chi connectivity index (χ2v) is 5.07. The third-order valence-corrected chi connectivity index (χ3v) is 3.63. The van der Waals surface area contributed by atoms with Gasteiger partial charge in [-0.25, -0.2) is 9.78 Å². The summed E-state index contributed by atoms with van der Waals surface area (Å²) >= 11 is 0. The van der Waals surface area contributed by atoms with Crippen molar-refractivity contribution in [3.63, 3.8) is 0 Å². The lowest BCUT2D eigenvalue weighted by Gasteiger charge is -2.26. The highest BCUT2D eigenvalue weighted by atomic mass is 16.5. The van der Waals surface area contributed by atoms with Crippen LogP contribution in [0.2, 0.25) is 0 Å². The molecule has 0 bridgehead atoms. The average Bonchev–Trinajstić information content (AvgIpc) is 3.00. The molecule has 1 aliphatic heterocycles. The molecule has 7 nitrogen and oxygen atoms in total. The minimum Gasteiger partial charge on any atom is -0.371 e. The molecule has 0 aliphatic carbocycles. The molecule has 2 heterocycles. The highest BCUT2D eigenvalue weighted by Crippen LogP contribution is 2.26. The molecule has 0 saturated carbocycles. The molecule has 7 heteroatoms. The van der Waals surface area contributed by atoms with Crippen molar-refractivity contribution in [1.82, 2.24) is 20.1 Å². The van der Waals surface area contributed by atoms with Crippen LogP contribution >= 0.6 is 0 Å². The van der Waals surface area contributed by atoms with Crippen LogP contribution in [0.15, 0.2) is 30.6 Å². The number of amides is 2. The summed E-state index contributed by atoms with van der Waals surface area (Å²) in [6.45, 7) is 3.75. The average molecular weight is 301 g/mol. The van der Waals surface area contributed by atoms with Crippen LogP contribution in [-0.4, -0.2) is 33.9 Å². The number of aromatic nitrogens is 3. The van der Waals surface area contributed by atoms with Gasteiger partial charge in [-0.05, 0) is 24.5 Å². The zero-order chi connectivity index (χ0) is 15.4. The zero-order valence-corrected chi connectivity index (χ0v) is 12.5. The molecule has 1 aromatic carbocycles. The minimum absolute atomic E-state index is 0.114. The van der Waals surface area contributed by atoms with Gasteiger partial charge in [0, 0.05) is 13.1 Å². The van der Waals surface area contributed by atoms with Gasteiger partial charge in [-0.3, -0.25) is 10.00 Å². The Hall–Kier alpha value is -2.41. The zero-order valence-electron chi connectivity index (χ0n) is 12.5. The van der Waals surface area contributed by atoms with E-state index in [4.69, 9.17) is 4.74 Å². The fraction of sp³-hybridized carbons (Fsp3) is 0.400. The SMILES string of the molecule is CCn1cnc(NC(=O)NCC2OCCc3ccccc32)n1. The number of carbonyl (C=O) groups excluding carboxylic acids is 1. The molecule has 1 atom stereocenters. The number of anilines is 1. The van der Waals surface area contributed by atoms with Gasteiger partial charge < -0.3 is 10.1 Å². The normalized spacial score (nSPS) is 16.9. The van der Waals surface area contributed by atoms with Gasteiger partial charge >= 0.3 is 6.03 Å². The number of nitrogens with one attached hydrogen (secondary N) is 2. The van der Waals surface area contributed by atoms with Crippen molar-refractivity contribution < 1.29 is 9.53 Å². The first-order valence-electron chi connectivity index (χ1n) is 7.40. The number of urea groups is 1.